The van der Waals surface area contributed by atoms with Crippen LogP contribution in [0.4, 0.5) is 0 Å². The fourth-order valence-corrected chi connectivity index (χ4v) is 2.49. The largest absolute Gasteiger partial charge is 0.373 e. The van der Waals surface area contributed by atoms with Crippen LogP contribution in [0, 0.1) is 10.5 Å². The number of nitrogens with zero attached hydrogens (tertiary/aromatic N) is 2. The third-order valence-corrected chi connectivity index (χ3v) is 3.65. The molecule has 2 heterocycles. The van der Waals surface area contributed by atoms with E-state index < -0.39 is 0 Å². The molecule has 1 aromatic carbocycles. The Morgan fingerprint density at radius 3 is 3.12 bits per heavy atom. The van der Waals surface area contributed by atoms with Crippen molar-refractivity contribution >= 4 is 33.6 Å². The molecule has 0 radical (unpaired) electrons. The molecule has 1 saturated heterocycles. The summed E-state index contributed by atoms with van der Waals surface area (Å²) in [5.41, 5.74) is 2.33. The Hall–Kier alpha value is -0.620. The van der Waals surface area contributed by atoms with Crippen molar-refractivity contribution in [2.75, 3.05) is 6.61 Å². The lowest BCUT2D eigenvalue weighted by atomic mass is 10.3. The van der Waals surface area contributed by atoms with Crippen LogP contribution in [0.5, 0.6) is 0 Å². The van der Waals surface area contributed by atoms with Crippen molar-refractivity contribution < 1.29 is 4.74 Å². The lowest BCUT2D eigenvalue weighted by Crippen LogP contribution is -2.03. The Labute approximate surface area is 108 Å². The predicted octanol–water partition coefficient (Wildman–Crippen LogP) is 2.74. The van der Waals surface area contributed by atoms with E-state index in [1.54, 1.807) is 0 Å². The van der Waals surface area contributed by atoms with E-state index in [0.717, 1.165) is 30.9 Å². The summed E-state index contributed by atoms with van der Waals surface area (Å²) in [7, 11) is 0. The van der Waals surface area contributed by atoms with Crippen molar-refractivity contribution in [1.29, 1.82) is 0 Å². The van der Waals surface area contributed by atoms with Crippen LogP contribution in [-0.4, -0.2) is 22.3 Å². The van der Waals surface area contributed by atoms with Crippen molar-refractivity contribution in [2.24, 2.45) is 0 Å². The van der Waals surface area contributed by atoms with E-state index in [9.17, 15) is 0 Å². The first-order valence-corrected chi connectivity index (χ1v) is 6.56. The van der Waals surface area contributed by atoms with Gasteiger partial charge in [-0.2, -0.15) is 0 Å². The molecule has 84 valence electrons. The van der Waals surface area contributed by atoms with E-state index >= 15 is 0 Å². The monoisotopic (exact) mass is 328 g/mol. The van der Waals surface area contributed by atoms with Gasteiger partial charge in [-0.1, -0.05) is 0 Å². The highest BCUT2D eigenvalue weighted by molar-refractivity contribution is 14.1. The molecule has 1 atom stereocenters. The first-order chi connectivity index (χ1) is 7.74. The molecule has 0 amide bonds. The first kappa shape index (κ1) is 10.5. The topological polar surface area (TPSA) is 30.4 Å². The number of hydrogen-bond acceptors (Lipinski definition) is 2. The molecule has 1 aromatic heterocycles. The van der Waals surface area contributed by atoms with Gasteiger partial charge in [-0.05, 0) is 54.1 Å². The van der Waals surface area contributed by atoms with Gasteiger partial charge in [0.25, 0.3) is 0 Å². The zero-order chi connectivity index (χ0) is 11.1. The van der Waals surface area contributed by atoms with Crippen LogP contribution < -0.4 is 0 Å². The van der Waals surface area contributed by atoms with E-state index in [1.807, 2.05) is 0 Å². The highest BCUT2D eigenvalue weighted by Crippen LogP contribution is 2.21. The summed E-state index contributed by atoms with van der Waals surface area (Å²) in [6.45, 7) is 4.01. The van der Waals surface area contributed by atoms with Crippen LogP contribution >= 0.6 is 22.6 Å². The average molecular weight is 328 g/mol. The van der Waals surface area contributed by atoms with Gasteiger partial charge in [-0.15, -0.1) is 0 Å². The van der Waals surface area contributed by atoms with Crippen LogP contribution in [0.15, 0.2) is 18.2 Å². The van der Waals surface area contributed by atoms with E-state index in [-0.39, 0.29) is 0 Å². The third kappa shape index (κ3) is 1.96. The number of halogens is 1. The quantitative estimate of drug-likeness (QED) is 0.641. The lowest BCUT2D eigenvalue weighted by Gasteiger charge is -2.04. The van der Waals surface area contributed by atoms with Crippen molar-refractivity contribution in [1.82, 2.24) is 9.55 Å². The number of benzene rings is 1. The molecule has 0 aliphatic carbocycles. The molecule has 0 spiro atoms. The van der Waals surface area contributed by atoms with E-state index in [1.165, 1.54) is 9.09 Å². The number of ether oxygens (including phenoxy) is 1. The van der Waals surface area contributed by atoms with E-state index in [0.29, 0.717) is 6.10 Å². The van der Waals surface area contributed by atoms with E-state index in [2.05, 4.69) is 57.3 Å². The summed E-state index contributed by atoms with van der Waals surface area (Å²) in [5.74, 6) is 1.10. The van der Waals surface area contributed by atoms with Crippen LogP contribution in [0.1, 0.15) is 12.2 Å². The van der Waals surface area contributed by atoms with Crippen LogP contribution in [0.25, 0.3) is 11.0 Å². The molecule has 1 aliphatic rings. The highest BCUT2D eigenvalue weighted by Gasteiger charge is 2.22. The van der Waals surface area contributed by atoms with Gasteiger partial charge in [-0.25, -0.2) is 4.98 Å². The van der Waals surface area contributed by atoms with Gasteiger partial charge in [0.2, 0.25) is 0 Å². The minimum atomic E-state index is 0.487. The molecular weight excluding hydrogens is 315 g/mol. The zero-order valence-electron chi connectivity index (χ0n) is 9.11. The van der Waals surface area contributed by atoms with Gasteiger partial charge in [-0.3, -0.25) is 0 Å². The summed E-state index contributed by atoms with van der Waals surface area (Å²) in [6, 6.07) is 6.42. The number of rotatable bonds is 3. The third-order valence-electron chi connectivity index (χ3n) is 2.98. The van der Waals surface area contributed by atoms with Gasteiger partial charge in [0, 0.05) is 10.1 Å². The maximum absolute atomic E-state index is 5.24. The molecule has 1 fully saturated rings. The number of imidazole rings is 1. The number of aromatic nitrogens is 2. The molecule has 4 heteroatoms. The van der Waals surface area contributed by atoms with Crippen LogP contribution in [0.3, 0.4) is 0 Å². The first-order valence-electron chi connectivity index (χ1n) is 5.48. The molecule has 16 heavy (non-hydrogen) atoms. The molecule has 2 aromatic rings. The molecular formula is C12H13IN2O. The second-order valence-electron chi connectivity index (χ2n) is 4.19. The Kier molecular flexibility index (Phi) is 2.63. The SMILES string of the molecule is Cc1nc2cc(I)ccc2n1CCC1CO1. The number of epoxide rings is 1. The Morgan fingerprint density at radius 2 is 2.38 bits per heavy atom. The summed E-state index contributed by atoms with van der Waals surface area (Å²) < 4.78 is 8.76. The minimum Gasteiger partial charge on any atom is -0.373 e. The zero-order valence-corrected chi connectivity index (χ0v) is 11.3. The normalized spacial score (nSPS) is 19.2. The fourth-order valence-electron chi connectivity index (χ4n) is 2.01. The number of aryl methyl sites for hydroxylation is 2. The van der Waals surface area contributed by atoms with E-state index in [4.69, 9.17) is 4.74 Å². The second kappa shape index (κ2) is 4.00. The molecule has 0 saturated carbocycles. The molecule has 1 aliphatic heterocycles. The molecule has 3 nitrogen and oxygen atoms in total. The molecule has 0 N–H and O–H groups in total. The van der Waals surface area contributed by atoms with Gasteiger partial charge in [0.15, 0.2) is 0 Å². The summed E-state index contributed by atoms with van der Waals surface area (Å²) >= 11 is 2.32. The van der Waals surface area contributed by atoms with Crippen molar-refractivity contribution in [2.45, 2.75) is 26.0 Å². The highest BCUT2D eigenvalue weighted by atomic mass is 127. The summed E-state index contributed by atoms with van der Waals surface area (Å²) in [5, 5.41) is 0. The van der Waals surface area contributed by atoms with Crippen LogP contribution in [0.2, 0.25) is 0 Å². The van der Waals surface area contributed by atoms with Gasteiger partial charge in [0.05, 0.1) is 23.7 Å². The lowest BCUT2D eigenvalue weighted by molar-refractivity contribution is 0.385. The predicted molar refractivity (Wildman–Crippen MR) is 71.5 cm³/mol. The number of fused-ring (bicyclic) bond motifs is 1. The fraction of sp³-hybridized carbons (Fsp3) is 0.417. The minimum absolute atomic E-state index is 0.487. The average Bonchev–Trinajstić information content (AvgIpc) is 3.00. The molecule has 0 bridgehead atoms. The van der Waals surface area contributed by atoms with Gasteiger partial charge < -0.3 is 9.30 Å². The van der Waals surface area contributed by atoms with Crippen molar-refractivity contribution in [3.63, 3.8) is 0 Å². The van der Waals surface area contributed by atoms with Gasteiger partial charge >= 0.3 is 0 Å². The Balaban J connectivity index is 1.97. The van der Waals surface area contributed by atoms with Crippen molar-refractivity contribution in [3.05, 3.63) is 27.6 Å². The van der Waals surface area contributed by atoms with Crippen molar-refractivity contribution in [3.8, 4) is 0 Å². The second-order valence-corrected chi connectivity index (χ2v) is 5.43. The molecule has 1 unspecified atom stereocenters. The van der Waals surface area contributed by atoms with Crippen LogP contribution in [-0.2, 0) is 11.3 Å². The molecule has 3 rings (SSSR count). The maximum Gasteiger partial charge on any atom is 0.106 e. The van der Waals surface area contributed by atoms with Gasteiger partial charge in [0.1, 0.15) is 5.82 Å². The Bertz CT molecular complexity index is 531. The summed E-state index contributed by atoms with van der Waals surface area (Å²) in [4.78, 5) is 4.59. The summed E-state index contributed by atoms with van der Waals surface area (Å²) in [6.07, 6.45) is 1.58. The smallest absolute Gasteiger partial charge is 0.106 e. The Morgan fingerprint density at radius 1 is 1.56 bits per heavy atom. The number of hydrogen-bond donors (Lipinski definition) is 0. The maximum atomic E-state index is 5.24. The standard InChI is InChI=1S/C12H13IN2O/c1-8-14-11-6-9(13)2-3-12(11)15(8)5-4-10-7-16-10/h2-3,6,10H,4-5,7H2,1H3.